The summed E-state index contributed by atoms with van der Waals surface area (Å²) in [5.74, 6) is -1.68. The molecule has 19 heavy (non-hydrogen) atoms. The maximum Gasteiger partial charge on any atom is 0.338 e. The van der Waals surface area contributed by atoms with Gasteiger partial charge in [0.2, 0.25) is 0 Å². The molecule has 0 radical (unpaired) electrons. The van der Waals surface area contributed by atoms with Gasteiger partial charge in [0.1, 0.15) is 11.6 Å². The number of nitrogen functional groups attached to an aromatic ring is 1. The van der Waals surface area contributed by atoms with Gasteiger partial charge in [0.25, 0.3) is 0 Å². The summed E-state index contributed by atoms with van der Waals surface area (Å²) >= 11 is 2.15. The summed E-state index contributed by atoms with van der Waals surface area (Å²) < 4.78 is 20.0. The van der Waals surface area contributed by atoms with E-state index in [0.29, 0.717) is 5.75 Å². The van der Waals surface area contributed by atoms with Crippen LogP contribution < -0.4 is 10.5 Å². The van der Waals surface area contributed by atoms with Crippen LogP contribution >= 0.6 is 22.6 Å². The number of nitrogens with two attached hydrogens (primary N) is 1. The number of aromatic carboxylic acids is 1. The quantitative estimate of drug-likeness (QED) is 0.638. The lowest BCUT2D eigenvalue weighted by atomic mass is 10.2. The number of carboxylic acids is 1. The average Bonchev–Trinajstić information content (AvgIpc) is 2.35. The number of carbonyl (C=O) groups is 1. The molecule has 3 N–H and O–H groups in total. The van der Waals surface area contributed by atoms with Crippen LogP contribution in [0.4, 0.5) is 10.1 Å². The van der Waals surface area contributed by atoms with Crippen molar-refractivity contribution in [2.24, 2.45) is 0 Å². The van der Waals surface area contributed by atoms with Gasteiger partial charge in [-0.15, -0.1) is 0 Å². The summed E-state index contributed by atoms with van der Waals surface area (Å²) in [7, 11) is 0. The molecule has 0 aliphatic carbocycles. The van der Waals surface area contributed by atoms with Crippen LogP contribution in [0.1, 0.15) is 10.4 Å². The predicted octanol–water partition coefficient (Wildman–Crippen LogP) is 3.50. The number of rotatable bonds is 3. The molecule has 0 fully saturated rings. The van der Waals surface area contributed by atoms with Crippen LogP contribution in [-0.2, 0) is 0 Å². The highest BCUT2D eigenvalue weighted by atomic mass is 127. The molecule has 0 aliphatic rings. The minimum atomic E-state index is -1.37. The lowest BCUT2D eigenvalue weighted by Gasteiger charge is -2.10. The summed E-state index contributed by atoms with van der Waals surface area (Å²) in [5.41, 5.74) is 5.24. The largest absolute Gasteiger partial charge is 0.478 e. The third kappa shape index (κ3) is 3.14. The van der Waals surface area contributed by atoms with Crippen molar-refractivity contribution in [1.29, 1.82) is 0 Å². The Morgan fingerprint density at radius 2 is 1.89 bits per heavy atom. The zero-order valence-electron chi connectivity index (χ0n) is 9.56. The maximum absolute atomic E-state index is 13.5. The van der Waals surface area contributed by atoms with Gasteiger partial charge in [-0.2, -0.15) is 0 Å². The molecule has 0 unspecified atom stereocenters. The molecule has 6 heteroatoms. The molecular formula is C13H9FINO3. The molecule has 0 heterocycles. The summed E-state index contributed by atoms with van der Waals surface area (Å²) in [6.07, 6.45) is 0. The SMILES string of the molecule is Nc1cc(C(=O)O)c(F)cc1Oc1ccc(I)cc1. The average molecular weight is 373 g/mol. The van der Waals surface area contributed by atoms with Gasteiger partial charge in [0.15, 0.2) is 5.75 Å². The molecule has 0 amide bonds. The van der Waals surface area contributed by atoms with Crippen LogP contribution in [0, 0.1) is 9.39 Å². The van der Waals surface area contributed by atoms with Crippen molar-refractivity contribution >= 4 is 34.2 Å². The monoisotopic (exact) mass is 373 g/mol. The van der Waals surface area contributed by atoms with E-state index in [1.165, 1.54) is 0 Å². The van der Waals surface area contributed by atoms with Crippen molar-refractivity contribution < 1.29 is 19.0 Å². The highest BCUT2D eigenvalue weighted by molar-refractivity contribution is 14.1. The van der Waals surface area contributed by atoms with Gasteiger partial charge in [-0.1, -0.05) is 0 Å². The first-order chi connectivity index (χ1) is 8.97. The first-order valence-electron chi connectivity index (χ1n) is 5.23. The van der Waals surface area contributed by atoms with Gasteiger partial charge in [0.05, 0.1) is 11.3 Å². The van der Waals surface area contributed by atoms with Crippen molar-refractivity contribution in [3.8, 4) is 11.5 Å². The van der Waals surface area contributed by atoms with Crippen LogP contribution in [0.3, 0.4) is 0 Å². The molecule has 0 saturated heterocycles. The summed E-state index contributed by atoms with van der Waals surface area (Å²) in [5, 5.41) is 8.76. The van der Waals surface area contributed by atoms with E-state index in [-0.39, 0.29) is 11.4 Å². The Kier molecular flexibility index (Phi) is 3.89. The third-order valence-corrected chi connectivity index (χ3v) is 3.09. The van der Waals surface area contributed by atoms with Gasteiger partial charge in [-0.3, -0.25) is 0 Å². The highest BCUT2D eigenvalue weighted by Crippen LogP contribution is 2.30. The molecule has 0 aliphatic heterocycles. The molecule has 2 aromatic rings. The zero-order chi connectivity index (χ0) is 14.0. The second kappa shape index (κ2) is 5.43. The molecule has 0 spiro atoms. The number of anilines is 1. The third-order valence-electron chi connectivity index (χ3n) is 2.37. The Hall–Kier alpha value is -1.83. The van der Waals surface area contributed by atoms with Crippen LogP contribution in [-0.4, -0.2) is 11.1 Å². The zero-order valence-corrected chi connectivity index (χ0v) is 11.7. The Morgan fingerprint density at radius 1 is 1.26 bits per heavy atom. The van der Waals surface area contributed by atoms with Crippen molar-refractivity contribution in [3.05, 3.63) is 51.3 Å². The number of halogens is 2. The predicted molar refractivity (Wildman–Crippen MR) is 77.0 cm³/mol. The van der Waals surface area contributed by atoms with E-state index in [1.54, 1.807) is 12.1 Å². The molecule has 0 saturated carbocycles. The number of carboxylic acid groups (broad SMARTS) is 1. The standard InChI is InChI=1S/C13H9FINO3/c14-10-6-12(11(16)5-9(10)13(17)18)19-8-3-1-7(15)2-4-8/h1-6H,16H2,(H,17,18). The van der Waals surface area contributed by atoms with E-state index in [9.17, 15) is 9.18 Å². The van der Waals surface area contributed by atoms with E-state index < -0.39 is 17.3 Å². The summed E-state index contributed by atoms with van der Waals surface area (Å²) in [6, 6.07) is 9.09. The molecular weight excluding hydrogens is 364 g/mol. The highest BCUT2D eigenvalue weighted by Gasteiger charge is 2.14. The molecule has 4 nitrogen and oxygen atoms in total. The minimum absolute atomic E-state index is 0.0670. The second-order valence-electron chi connectivity index (χ2n) is 3.73. The van der Waals surface area contributed by atoms with E-state index in [0.717, 1.165) is 15.7 Å². The second-order valence-corrected chi connectivity index (χ2v) is 4.98. The van der Waals surface area contributed by atoms with Crippen molar-refractivity contribution in [2.45, 2.75) is 0 Å². The molecule has 98 valence electrons. The number of hydrogen-bond donors (Lipinski definition) is 2. The molecule has 2 rings (SSSR count). The van der Waals surface area contributed by atoms with Gasteiger partial charge >= 0.3 is 5.97 Å². The van der Waals surface area contributed by atoms with Crippen molar-refractivity contribution in [3.63, 3.8) is 0 Å². The van der Waals surface area contributed by atoms with E-state index in [1.807, 2.05) is 12.1 Å². The summed E-state index contributed by atoms with van der Waals surface area (Å²) in [6.45, 7) is 0. The molecule has 0 aromatic heterocycles. The Bertz CT molecular complexity index is 629. The first-order valence-corrected chi connectivity index (χ1v) is 6.31. The van der Waals surface area contributed by atoms with Gasteiger partial charge < -0.3 is 15.6 Å². The Morgan fingerprint density at radius 3 is 2.47 bits per heavy atom. The smallest absolute Gasteiger partial charge is 0.338 e. The van der Waals surface area contributed by atoms with Crippen molar-refractivity contribution in [2.75, 3.05) is 5.73 Å². The topological polar surface area (TPSA) is 72.6 Å². The van der Waals surface area contributed by atoms with Gasteiger partial charge in [-0.05, 0) is 52.9 Å². The number of benzene rings is 2. The normalized spacial score (nSPS) is 10.2. The van der Waals surface area contributed by atoms with E-state index in [2.05, 4.69) is 22.6 Å². The van der Waals surface area contributed by atoms with Crippen molar-refractivity contribution in [1.82, 2.24) is 0 Å². The van der Waals surface area contributed by atoms with Crippen LogP contribution in [0.15, 0.2) is 36.4 Å². The summed E-state index contributed by atoms with van der Waals surface area (Å²) in [4.78, 5) is 10.7. The fourth-order valence-electron chi connectivity index (χ4n) is 1.45. The maximum atomic E-state index is 13.5. The Balaban J connectivity index is 2.33. The van der Waals surface area contributed by atoms with Crippen LogP contribution in [0.2, 0.25) is 0 Å². The number of ether oxygens (including phenoxy) is 1. The fourth-order valence-corrected chi connectivity index (χ4v) is 1.81. The fraction of sp³-hybridized carbons (Fsp3) is 0. The van der Waals surface area contributed by atoms with E-state index >= 15 is 0 Å². The lowest BCUT2D eigenvalue weighted by Crippen LogP contribution is -2.03. The van der Waals surface area contributed by atoms with Crippen LogP contribution in [0.25, 0.3) is 0 Å². The van der Waals surface area contributed by atoms with Gasteiger partial charge in [0, 0.05) is 9.64 Å². The number of hydrogen-bond acceptors (Lipinski definition) is 3. The van der Waals surface area contributed by atoms with Gasteiger partial charge in [-0.25, -0.2) is 9.18 Å². The lowest BCUT2D eigenvalue weighted by molar-refractivity contribution is 0.0692. The Labute approximate surface area is 122 Å². The molecule has 0 bridgehead atoms. The first kappa shape index (κ1) is 13.6. The molecule has 0 atom stereocenters. The molecule has 2 aromatic carbocycles. The van der Waals surface area contributed by atoms with Crippen LogP contribution in [0.5, 0.6) is 11.5 Å². The van der Waals surface area contributed by atoms with E-state index in [4.69, 9.17) is 15.6 Å². The minimum Gasteiger partial charge on any atom is -0.478 e.